The molecule has 6 heteroatoms. The highest BCUT2D eigenvalue weighted by atomic mass is 19.1. The molecule has 0 aliphatic rings. The molecular formula is C20H17FN2O3. The third-order valence-electron chi connectivity index (χ3n) is 3.74. The van der Waals surface area contributed by atoms with Crippen LogP contribution < -0.4 is 10.1 Å². The van der Waals surface area contributed by atoms with E-state index in [1.807, 2.05) is 0 Å². The van der Waals surface area contributed by atoms with Gasteiger partial charge in [-0.05, 0) is 43.3 Å². The zero-order valence-corrected chi connectivity index (χ0v) is 14.1. The molecule has 1 aromatic heterocycles. The van der Waals surface area contributed by atoms with Crippen LogP contribution in [0.15, 0.2) is 60.8 Å². The Morgan fingerprint density at radius 1 is 1.15 bits per heavy atom. The summed E-state index contributed by atoms with van der Waals surface area (Å²) in [5.41, 5.74) is 2.02. The average Bonchev–Trinajstić information content (AvgIpc) is 2.65. The van der Waals surface area contributed by atoms with Crippen LogP contribution >= 0.6 is 0 Å². The molecule has 5 nitrogen and oxygen atoms in total. The predicted octanol–water partition coefficient (Wildman–Crippen LogP) is 4.73. The minimum atomic E-state index is -1.02. The molecular weight excluding hydrogens is 335 g/mol. The minimum Gasteiger partial charge on any atom is -0.491 e. The van der Waals surface area contributed by atoms with Gasteiger partial charge >= 0.3 is 5.97 Å². The van der Waals surface area contributed by atoms with Crippen molar-refractivity contribution in [2.45, 2.75) is 6.92 Å². The van der Waals surface area contributed by atoms with Gasteiger partial charge in [0, 0.05) is 5.56 Å². The van der Waals surface area contributed by atoms with Crippen LogP contribution in [0.4, 0.5) is 15.8 Å². The Hall–Kier alpha value is -3.41. The fourth-order valence-electron chi connectivity index (χ4n) is 2.54. The number of nitrogens with zero attached hydrogens (tertiary/aromatic N) is 1. The van der Waals surface area contributed by atoms with E-state index >= 15 is 0 Å². The van der Waals surface area contributed by atoms with Crippen LogP contribution in [0.2, 0.25) is 0 Å². The first-order valence-corrected chi connectivity index (χ1v) is 8.07. The molecule has 0 saturated carbocycles. The summed E-state index contributed by atoms with van der Waals surface area (Å²) >= 11 is 0. The number of para-hydroxylation sites is 1. The largest absolute Gasteiger partial charge is 0.491 e. The second kappa shape index (κ2) is 7.65. The number of ether oxygens (including phenoxy) is 1. The Kier molecular flexibility index (Phi) is 5.12. The predicted molar refractivity (Wildman–Crippen MR) is 97.5 cm³/mol. The molecule has 0 radical (unpaired) electrons. The normalized spacial score (nSPS) is 10.4. The number of rotatable bonds is 6. The van der Waals surface area contributed by atoms with Crippen LogP contribution in [-0.4, -0.2) is 22.7 Å². The molecule has 26 heavy (non-hydrogen) atoms. The van der Waals surface area contributed by atoms with E-state index in [1.165, 1.54) is 12.3 Å². The highest BCUT2D eigenvalue weighted by Crippen LogP contribution is 2.29. The lowest BCUT2D eigenvalue weighted by Gasteiger charge is -2.11. The van der Waals surface area contributed by atoms with Crippen LogP contribution in [0.25, 0.3) is 11.3 Å². The molecule has 0 unspecified atom stereocenters. The Morgan fingerprint density at radius 3 is 2.65 bits per heavy atom. The third-order valence-corrected chi connectivity index (χ3v) is 3.74. The Balaban J connectivity index is 1.86. The molecule has 0 fully saturated rings. The molecule has 0 saturated heterocycles. The summed E-state index contributed by atoms with van der Waals surface area (Å²) in [6.07, 6.45) is 1.53. The van der Waals surface area contributed by atoms with Crippen molar-refractivity contribution in [1.29, 1.82) is 0 Å². The van der Waals surface area contributed by atoms with E-state index in [9.17, 15) is 14.3 Å². The molecule has 132 valence electrons. The van der Waals surface area contributed by atoms with E-state index < -0.39 is 11.8 Å². The van der Waals surface area contributed by atoms with Gasteiger partial charge < -0.3 is 15.2 Å². The number of aromatic nitrogens is 1. The van der Waals surface area contributed by atoms with E-state index in [2.05, 4.69) is 10.3 Å². The highest BCUT2D eigenvalue weighted by molar-refractivity contribution is 5.95. The monoisotopic (exact) mass is 352 g/mol. The van der Waals surface area contributed by atoms with Crippen molar-refractivity contribution in [2.24, 2.45) is 0 Å². The van der Waals surface area contributed by atoms with Crippen LogP contribution in [0, 0.1) is 5.82 Å². The second-order valence-electron chi connectivity index (χ2n) is 5.46. The van der Waals surface area contributed by atoms with Gasteiger partial charge in [-0.2, -0.15) is 0 Å². The van der Waals surface area contributed by atoms with Crippen molar-refractivity contribution in [1.82, 2.24) is 4.98 Å². The Bertz CT molecular complexity index is 927. The van der Waals surface area contributed by atoms with Gasteiger partial charge in [0.1, 0.15) is 0 Å². The van der Waals surface area contributed by atoms with Gasteiger partial charge in [0.2, 0.25) is 0 Å². The number of nitrogens with one attached hydrogen (secondary N) is 1. The smallest absolute Gasteiger partial charge is 0.337 e. The molecule has 0 aliphatic heterocycles. The van der Waals surface area contributed by atoms with Crippen molar-refractivity contribution < 1.29 is 19.0 Å². The van der Waals surface area contributed by atoms with Crippen LogP contribution in [0.5, 0.6) is 5.75 Å². The summed E-state index contributed by atoms with van der Waals surface area (Å²) in [5, 5.41) is 12.2. The zero-order chi connectivity index (χ0) is 18.5. The molecule has 2 N–H and O–H groups in total. The summed E-state index contributed by atoms with van der Waals surface area (Å²) in [4.78, 5) is 15.5. The minimum absolute atomic E-state index is 0.159. The molecule has 3 rings (SSSR count). The fraction of sp³-hybridized carbons (Fsp3) is 0.100. The first-order chi connectivity index (χ1) is 12.6. The lowest BCUT2D eigenvalue weighted by atomic mass is 10.1. The van der Waals surface area contributed by atoms with E-state index in [0.717, 1.165) is 0 Å². The lowest BCUT2D eigenvalue weighted by molar-refractivity contribution is 0.0698. The Labute approximate surface area is 150 Å². The van der Waals surface area contributed by atoms with Gasteiger partial charge in [-0.15, -0.1) is 0 Å². The first kappa shape index (κ1) is 17.4. The van der Waals surface area contributed by atoms with Gasteiger partial charge in [-0.1, -0.05) is 18.2 Å². The van der Waals surface area contributed by atoms with Crippen molar-refractivity contribution in [3.05, 3.63) is 72.2 Å². The number of pyridine rings is 1. The molecule has 0 bridgehead atoms. The molecule has 1 heterocycles. The van der Waals surface area contributed by atoms with E-state index in [-0.39, 0.29) is 11.3 Å². The maximum Gasteiger partial charge on any atom is 0.337 e. The molecule has 0 aliphatic carbocycles. The van der Waals surface area contributed by atoms with Gasteiger partial charge in [-0.3, -0.25) is 4.98 Å². The third kappa shape index (κ3) is 3.64. The molecule has 0 amide bonds. The Morgan fingerprint density at radius 2 is 1.96 bits per heavy atom. The van der Waals surface area contributed by atoms with Crippen molar-refractivity contribution in [3.63, 3.8) is 0 Å². The molecule has 0 atom stereocenters. The summed E-state index contributed by atoms with van der Waals surface area (Å²) in [6, 6.07) is 14.9. The van der Waals surface area contributed by atoms with E-state index in [0.29, 0.717) is 29.2 Å². The molecule has 2 aromatic carbocycles. The quantitative estimate of drug-likeness (QED) is 0.671. The fourth-order valence-corrected chi connectivity index (χ4v) is 2.54. The van der Waals surface area contributed by atoms with Crippen molar-refractivity contribution in [2.75, 3.05) is 11.9 Å². The van der Waals surface area contributed by atoms with Gasteiger partial charge in [0.05, 0.1) is 35.4 Å². The number of aromatic carboxylic acids is 1. The average molecular weight is 352 g/mol. The SMILES string of the molecule is CCOc1cccc(-c2ccc(Nc3ccccc3C(=O)O)cn2)c1F. The van der Waals surface area contributed by atoms with Gasteiger partial charge in [-0.25, -0.2) is 9.18 Å². The number of halogens is 1. The first-order valence-electron chi connectivity index (χ1n) is 8.07. The number of carbonyl (C=O) groups is 1. The topological polar surface area (TPSA) is 71.5 Å². The van der Waals surface area contributed by atoms with Gasteiger partial charge in [0.25, 0.3) is 0 Å². The number of benzene rings is 2. The van der Waals surface area contributed by atoms with E-state index in [1.54, 1.807) is 55.5 Å². The maximum atomic E-state index is 14.5. The van der Waals surface area contributed by atoms with Crippen LogP contribution in [-0.2, 0) is 0 Å². The van der Waals surface area contributed by atoms with Crippen LogP contribution in [0.1, 0.15) is 17.3 Å². The standard InChI is InChI=1S/C20H17FN2O3/c1-2-26-18-9-5-7-14(19(18)21)16-11-10-13(12-22-16)23-17-8-4-3-6-15(17)20(24)25/h3-12,23H,2H2,1H3,(H,24,25). The van der Waals surface area contributed by atoms with Gasteiger partial charge in [0.15, 0.2) is 11.6 Å². The summed E-state index contributed by atoms with van der Waals surface area (Å²) in [7, 11) is 0. The molecule has 0 spiro atoms. The number of carboxylic acid groups (broad SMARTS) is 1. The lowest BCUT2D eigenvalue weighted by Crippen LogP contribution is -2.02. The zero-order valence-electron chi connectivity index (χ0n) is 14.1. The summed E-state index contributed by atoms with van der Waals surface area (Å²) < 4.78 is 19.8. The number of carboxylic acids is 1. The van der Waals surface area contributed by atoms with Crippen molar-refractivity contribution in [3.8, 4) is 17.0 Å². The summed E-state index contributed by atoms with van der Waals surface area (Å²) in [5.74, 6) is -1.30. The number of hydrogen-bond acceptors (Lipinski definition) is 4. The molecule has 3 aromatic rings. The van der Waals surface area contributed by atoms with Crippen molar-refractivity contribution >= 4 is 17.3 Å². The highest BCUT2D eigenvalue weighted by Gasteiger charge is 2.13. The maximum absolute atomic E-state index is 14.5. The second-order valence-corrected chi connectivity index (χ2v) is 5.46. The van der Waals surface area contributed by atoms with E-state index in [4.69, 9.17) is 4.74 Å². The van der Waals surface area contributed by atoms with Crippen LogP contribution in [0.3, 0.4) is 0 Å². The number of hydrogen-bond donors (Lipinski definition) is 2. The number of anilines is 2. The summed E-state index contributed by atoms with van der Waals surface area (Å²) in [6.45, 7) is 2.17.